The second-order valence-electron chi connectivity index (χ2n) is 15.8. The molecule has 12 heteroatoms. The molecule has 0 aromatic carbocycles. The number of fused-ring (bicyclic) bond motifs is 1. The maximum Gasteiger partial charge on any atom is 0.315 e. The SMILES string of the molecule is CCS(=O)(=O)CC1(NC(=O)N[C@H](C(C)N2CC3C[C@@]2(C(=O)NC(CC2CC2)C(=O)C(N)=O)C3(C)C)C(C)(C)C)CCCCC1. The molecule has 0 aromatic heterocycles. The number of hydrogen-bond acceptors (Lipinski definition) is 7. The van der Waals surface area contributed by atoms with Crippen LogP contribution in [-0.2, 0) is 24.2 Å². The Kier molecular flexibility index (Phi) is 9.60. The molecule has 250 valence electrons. The van der Waals surface area contributed by atoms with Gasteiger partial charge in [-0.1, -0.05) is 73.6 Å². The number of nitrogens with zero attached hydrogens (tertiary/aromatic N) is 1. The van der Waals surface area contributed by atoms with Crippen LogP contribution in [0.3, 0.4) is 0 Å². The van der Waals surface area contributed by atoms with Crippen molar-refractivity contribution in [3.05, 3.63) is 0 Å². The van der Waals surface area contributed by atoms with Crippen LogP contribution in [0.1, 0.15) is 106 Å². The van der Waals surface area contributed by atoms with Crippen molar-refractivity contribution >= 4 is 33.5 Å². The van der Waals surface area contributed by atoms with Gasteiger partial charge < -0.3 is 21.7 Å². The lowest BCUT2D eigenvalue weighted by Crippen LogP contribution is -2.72. The summed E-state index contributed by atoms with van der Waals surface area (Å²) in [6.45, 7) is 14.6. The summed E-state index contributed by atoms with van der Waals surface area (Å²) in [4.78, 5) is 54.6. The van der Waals surface area contributed by atoms with Gasteiger partial charge in [0.1, 0.15) is 5.54 Å². The van der Waals surface area contributed by atoms with Gasteiger partial charge in [-0.2, -0.15) is 0 Å². The summed E-state index contributed by atoms with van der Waals surface area (Å²) in [5.41, 5.74) is 2.84. The highest BCUT2D eigenvalue weighted by Crippen LogP contribution is 2.64. The van der Waals surface area contributed by atoms with Gasteiger partial charge in [0.05, 0.1) is 23.4 Å². The van der Waals surface area contributed by atoms with Crippen LogP contribution < -0.4 is 21.7 Å². The first kappa shape index (κ1) is 34.7. The quantitative estimate of drug-likeness (QED) is 0.225. The van der Waals surface area contributed by atoms with E-state index in [4.69, 9.17) is 5.73 Å². The Morgan fingerprint density at radius 3 is 2.14 bits per heavy atom. The van der Waals surface area contributed by atoms with Gasteiger partial charge in [0.2, 0.25) is 11.7 Å². The fourth-order valence-electron chi connectivity index (χ4n) is 8.37. The number of carbonyl (C=O) groups is 4. The maximum atomic E-state index is 14.2. The number of Topliss-reactive ketones (excluding diaryl/α,β-unsaturated/α-hetero) is 1. The largest absolute Gasteiger partial charge is 0.363 e. The van der Waals surface area contributed by atoms with E-state index in [1.807, 2.05) is 27.7 Å². The normalized spacial score (nSPS) is 28.2. The number of rotatable bonds is 13. The first-order valence-corrected chi connectivity index (χ1v) is 18.3. The van der Waals surface area contributed by atoms with Gasteiger partial charge in [-0.25, -0.2) is 13.2 Å². The van der Waals surface area contributed by atoms with Crippen molar-refractivity contribution < 1.29 is 27.6 Å². The Hall–Kier alpha value is -2.21. The maximum absolute atomic E-state index is 14.2. The van der Waals surface area contributed by atoms with Crippen molar-refractivity contribution in [1.82, 2.24) is 20.9 Å². The second-order valence-corrected chi connectivity index (χ2v) is 18.1. The zero-order chi connectivity index (χ0) is 32.9. The fourth-order valence-corrected chi connectivity index (χ4v) is 9.77. The molecule has 3 unspecified atom stereocenters. The third kappa shape index (κ3) is 6.66. The molecule has 2 heterocycles. The molecule has 0 spiro atoms. The molecule has 5 fully saturated rings. The summed E-state index contributed by atoms with van der Waals surface area (Å²) in [6, 6.07) is -2.00. The molecule has 4 amide bonds. The third-order valence-corrected chi connectivity index (χ3v) is 13.2. The highest BCUT2D eigenvalue weighted by atomic mass is 32.2. The number of amides is 4. The Balaban J connectivity index is 1.56. The highest BCUT2D eigenvalue weighted by molar-refractivity contribution is 7.91. The van der Waals surface area contributed by atoms with Crippen LogP contribution in [0.25, 0.3) is 0 Å². The molecule has 3 aliphatic carbocycles. The van der Waals surface area contributed by atoms with E-state index in [1.165, 1.54) is 0 Å². The summed E-state index contributed by atoms with van der Waals surface area (Å²) >= 11 is 0. The minimum absolute atomic E-state index is 0.0301. The summed E-state index contributed by atoms with van der Waals surface area (Å²) in [6.07, 6.45) is 6.94. The molecular formula is C32H55N5O6S. The molecule has 44 heavy (non-hydrogen) atoms. The van der Waals surface area contributed by atoms with E-state index in [2.05, 4.69) is 34.7 Å². The number of nitrogens with one attached hydrogen (secondary N) is 3. The van der Waals surface area contributed by atoms with E-state index in [1.54, 1.807) is 6.92 Å². The van der Waals surface area contributed by atoms with Crippen LogP contribution in [-0.4, -0.2) is 84.2 Å². The molecule has 5 atom stereocenters. The fraction of sp³-hybridized carbons (Fsp3) is 0.875. The number of ketones is 1. The van der Waals surface area contributed by atoms with Gasteiger partial charge in [-0.3, -0.25) is 19.3 Å². The minimum atomic E-state index is -3.32. The van der Waals surface area contributed by atoms with Gasteiger partial charge in [0.15, 0.2) is 9.84 Å². The predicted octanol–water partition coefficient (Wildman–Crippen LogP) is 2.67. The van der Waals surface area contributed by atoms with Gasteiger partial charge in [-0.05, 0) is 55.3 Å². The second kappa shape index (κ2) is 12.2. The molecule has 2 aliphatic heterocycles. The number of hydrogen-bond donors (Lipinski definition) is 4. The lowest BCUT2D eigenvalue weighted by Gasteiger charge is -2.57. The molecule has 2 saturated heterocycles. The molecule has 5 aliphatic rings. The predicted molar refractivity (Wildman–Crippen MR) is 169 cm³/mol. The summed E-state index contributed by atoms with van der Waals surface area (Å²) < 4.78 is 25.3. The molecule has 0 radical (unpaired) electrons. The van der Waals surface area contributed by atoms with Crippen molar-refractivity contribution in [1.29, 1.82) is 0 Å². The van der Waals surface area contributed by atoms with Crippen molar-refractivity contribution in [2.24, 2.45) is 28.4 Å². The zero-order valence-corrected chi connectivity index (χ0v) is 28.6. The Morgan fingerprint density at radius 2 is 1.64 bits per heavy atom. The van der Waals surface area contributed by atoms with Crippen LogP contribution in [0.2, 0.25) is 0 Å². The van der Waals surface area contributed by atoms with Crippen LogP contribution >= 0.6 is 0 Å². The summed E-state index contributed by atoms with van der Waals surface area (Å²) in [5.74, 6) is -1.56. The molecule has 2 bridgehead atoms. The molecule has 5 rings (SSSR count). The first-order chi connectivity index (χ1) is 20.3. The average Bonchev–Trinajstić information content (AvgIpc) is 3.58. The van der Waals surface area contributed by atoms with E-state index < -0.39 is 55.5 Å². The van der Waals surface area contributed by atoms with Crippen molar-refractivity contribution in [3.63, 3.8) is 0 Å². The lowest BCUT2D eigenvalue weighted by atomic mass is 9.52. The average molecular weight is 638 g/mol. The first-order valence-electron chi connectivity index (χ1n) is 16.5. The van der Waals surface area contributed by atoms with Gasteiger partial charge in [-0.15, -0.1) is 0 Å². The molecule has 5 N–H and O–H groups in total. The zero-order valence-electron chi connectivity index (χ0n) is 27.8. The van der Waals surface area contributed by atoms with Crippen molar-refractivity contribution in [3.8, 4) is 0 Å². The Bertz CT molecular complexity index is 1250. The van der Waals surface area contributed by atoms with Gasteiger partial charge in [0, 0.05) is 18.3 Å². The van der Waals surface area contributed by atoms with E-state index >= 15 is 0 Å². The van der Waals surface area contributed by atoms with Crippen molar-refractivity contribution in [2.45, 2.75) is 135 Å². The standard InChI is InChI=1S/C32H55N5O6S/c1-8-44(42,43)19-31(14-10-9-11-15-31)36-28(41)35-25(29(3,4)5)20(2)37-18-22-17-32(37,30(22,6)7)27(40)34-23(16-21-12-13-21)24(38)26(33)39/h20-23,25H,8-19H2,1-7H3,(H2,33,39)(H,34,40)(H2,35,36,41)/t20?,22?,23?,25-,32-/m1/s1. The lowest BCUT2D eigenvalue weighted by molar-refractivity contribution is -0.153. The monoisotopic (exact) mass is 637 g/mol. The van der Waals surface area contributed by atoms with Crippen LogP contribution in [0.15, 0.2) is 0 Å². The third-order valence-electron chi connectivity index (χ3n) is 11.4. The van der Waals surface area contributed by atoms with Crippen molar-refractivity contribution in [2.75, 3.05) is 18.1 Å². The Morgan fingerprint density at radius 1 is 1.02 bits per heavy atom. The molecule has 11 nitrogen and oxygen atoms in total. The topological polar surface area (TPSA) is 168 Å². The smallest absolute Gasteiger partial charge is 0.315 e. The van der Waals surface area contributed by atoms with Crippen LogP contribution in [0.5, 0.6) is 0 Å². The van der Waals surface area contributed by atoms with E-state index in [9.17, 15) is 27.6 Å². The number of sulfone groups is 1. The van der Waals surface area contributed by atoms with E-state index in [-0.39, 0.29) is 35.4 Å². The highest BCUT2D eigenvalue weighted by Gasteiger charge is 2.73. The van der Waals surface area contributed by atoms with E-state index in [0.29, 0.717) is 38.1 Å². The van der Waals surface area contributed by atoms with E-state index in [0.717, 1.165) is 32.1 Å². The number of primary amides is 1. The number of nitrogens with two attached hydrogens (primary N) is 1. The van der Waals surface area contributed by atoms with Gasteiger partial charge in [0.25, 0.3) is 5.91 Å². The summed E-state index contributed by atoms with van der Waals surface area (Å²) in [5, 5.41) is 9.26. The number of urea groups is 1. The van der Waals surface area contributed by atoms with Crippen LogP contribution in [0, 0.1) is 22.7 Å². The molecule has 3 saturated carbocycles. The number of carbonyl (C=O) groups excluding carboxylic acids is 4. The Labute approximate surface area is 263 Å². The molecular weight excluding hydrogens is 582 g/mol. The minimum Gasteiger partial charge on any atom is -0.363 e. The van der Waals surface area contributed by atoms with Gasteiger partial charge >= 0.3 is 6.03 Å². The van der Waals surface area contributed by atoms with Crippen LogP contribution in [0.4, 0.5) is 4.79 Å². The molecule has 0 aromatic rings. The summed E-state index contributed by atoms with van der Waals surface area (Å²) in [7, 11) is -3.32.